The van der Waals surface area contributed by atoms with Crippen LogP contribution in [0.5, 0.6) is 0 Å². The molecule has 0 fully saturated rings. The molecule has 0 saturated carbocycles. The fourth-order valence-corrected chi connectivity index (χ4v) is 2.41. The summed E-state index contributed by atoms with van der Waals surface area (Å²) in [4.78, 5) is 5.12. The van der Waals surface area contributed by atoms with E-state index in [0.717, 1.165) is 11.1 Å². The number of halogens is 1. The molecule has 22 heavy (non-hydrogen) atoms. The Kier molecular flexibility index (Phi) is 5.70. The van der Waals surface area contributed by atoms with E-state index in [1.807, 2.05) is 18.3 Å². The van der Waals surface area contributed by atoms with Crippen LogP contribution in [0.3, 0.4) is 0 Å². The number of aromatic nitrogens is 1. The minimum Gasteiger partial charge on any atom is -0.383 e. The maximum absolute atomic E-state index is 13.4. The quantitative estimate of drug-likeness (QED) is 0.855. The molecule has 1 aromatic heterocycles. The molecule has 2 rings (SSSR count). The molecule has 5 heteroatoms. The van der Waals surface area contributed by atoms with Crippen molar-refractivity contribution in [2.45, 2.75) is 26.1 Å². The van der Waals surface area contributed by atoms with Gasteiger partial charge >= 0.3 is 0 Å². The van der Waals surface area contributed by atoms with Crippen molar-refractivity contribution >= 4 is 0 Å². The molecular weight excluding hydrogens is 281 g/mol. The molecule has 1 atom stereocenters. The lowest BCUT2D eigenvalue weighted by atomic mass is 10.1. The van der Waals surface area contributed by atoms with Crippen LogP contribution >= 0.6 is 0 Å². The molecule has 0 amide bonds. The number of H-pyrrole nitrogens is 1. The Morgan fingerprint density at radius 1 is 1.32 bits per heavy atom. The van der Waals surface area contributed by atoms with E-state index in [1.165, 1.54) is 6.07 Å². The van der Waals surface area contributed by atoms with E-state index < -0.39 is 0 Å². The van der Waals surface area contributed by atoms with E-state index in [-0.39, 0.29) is 11.9 Å². The van der Waals surface area contributed by atoms with Crippen LogP contribution in [0.4, 0.5) is 4.39 Å². The van der Waals surface area contributed by atoms with Gasteiger partial charge in [0.05, 0.1) is 6.61 Å². The Labute approximate surface area is 130 Å². The van der Waals surface area contributed by atoms with Crippen molar-refractivity contribution in [3.8, 4) is 6.07 Å². The van der Waals surface area contributed by atoms with Gasteiger partial charge in [-0.3, -0.25) is 4.90 Å². The first-order valence-electron chi connectivity index (χ1n) is 7.17. The first-order chi connectivity index (χ1) is 10.6. The van der Waals surface area contributed by atoms with Crippen molar-refractivity contribution in [2.75, 3.05) is 13.7 Å². The summed E-state index contributed by atoms with van der Waals surface area (Å²) in [6, 6.07) is 10.7. The van der Waals surface area contributed by atoms with Gasteiger partial charge in [-0.25, -0.2) is 4.39 Å². The highest BCUT2D eigenvalue weighted by Crippen LogP contribution is 2.15. The number of hydrogen-bond acceptors (Lipinski definition) is 3. The molecule has 116 valence electrons. The van der Waals surface area contributed by atoms with Crippen LogP contribution in [0.25, 0.3) is 0 Å². The molecule has 0 aliphatic carbocycles. The highest BCUT2D eigenvalue weighted by molar-refractivity contribution is 5.26. The number of benzene rings is 1. The summed E-state index contributed by atoms with van der Waals surface area (Å²) in [6.45, 7) is 3.94. The number of nitrogens with one attached hydrogen (secondary N) is 1. The van der Waals surface area contributed by atoms with Crippen LogP contribution in [0.2, 0.25) is 0 Å². The number of hydrogen-bond donors (Lipinski definition) is 1. The van der Waals surface area contributed by atoms with Crippen molar-refractivity contribution in [2.24, 2.45) is 0 Å². The fraction of sp³-hybridized carbons (Fsp3) is 0.353. The third-order valence-corrected chi connectivity index (χ3v) is 3.55. The number of rotatable bonds is 7. The third-order valence-electron chi connectivity index (χ3n) is 3.55. The Morgan fingerprint density at radius 2 is 2.09 bits per heavy atom. The van der Waals surface area contributed by atoms with Crippen molar-refractivity contribution in [3.63, 3.8) is 0 Å². The predicted molar refractivity (Wildman–Crippen MR) is 82.5 cm³/mol. The van der Waals surface area contributed by atoms with E-state index >= 15 is 0 Å². The predicted octanol–water partition coefficient (Wildman–Crippen LogP) is 3.06. The zero-order valence-electron chi connectivity index (χ0n) is 12.8. The van der Waals surface area contributed by atoms with Gasteiger partial charge in [-0.05, 0) is 36.2 Å². The summed E-state index contributed by atoms with van der Waals surface area (Å²) >= 11 is 0. The van der Waals surface area contributed by atoms with Crippen LogP contribution in [-0.2, 0) is 17.8 Å². The van der Waals surface area contributed by atoms with E-state index in [0.29, 0.717) is 25.4 Å². The van der Waals surface area contributed by atoms with Crippen molar-refractivity contribution in [3.05, 3.63) is 59.2 Å². The molecular formula is C17H20FN3O. The molecule has 4 nitrogen and oxygen atoms in total. The number of methoxy groups -OCH3 is 1. The number of aromatic amines is 1. The summed E-state index contributed by atoms with van der Waals surface area (Å²) in [5, 5.41) is 8.89. The van der Waals surface area contributed by atoms with E-state index in [9.17, 15) is 4.39 Å². The summed E-state index contributed by atoms with van der Waals surface area (Å²) in [6.07, 6.45) is 1.83. The third kappa shape index (κ3) is 4.42. The van der Waals surface area contributed by atoms with Gasteiger partial charge in [0.25, 0.3) is 0 Å². The van der Waals surface area contributed by atoms with Gasteiger partial charge in [-0.1, -0.05) is 12.1 Å². The average Bonchev–Trinajstić information content (AvgIpc) is 2.94. The fourth-order valence-electron chi connectivity index (χ4n) is 2.41. The Bertz CT molecular complexity index is 647. The lowest BCUT2D eigenvalue weighted by molar-refractivity contribution is 0.0895. The van der Waals surface area contributed by atoms with E-state index in [1.54, 1.807) is 19.2 Å². The SMILES string of the molecule is COCC(C)N(Cc1cccc(F)c1)Cc1c[nH]c(C#N)c1. The second kappa shape index (κ2) is 7.74. The standard InChI is InChI=1S/C17H20FN3O/c1-13(12-22-2)21(10-14-4-3-5-16(18)6-14)11-15-7-17(8-19)20-9-15/h3-7,9,13,20H,10-12H2,1-2H3. The molecule has 1 heterocycles. The molecule has 1 unspecified atom stereocenters. The topological polar surface area (TPSA) is 52.0 Å². The van der Waals surface area contributed by atoms with Crippen molar-refractivity contribution in [1.82, 2.24) is 9.88 Å². The number of nitrogens with zero attached hydrogens (tertiary/aromatic N) is 2. The normalized spacial score (nSPS) is 12.3. The lowest BCUT2D eigenvalue weighted by Crippen LogP contribution is -2.35. The Hall–Kier alpha value is -2.16. The number of ether oxygens (including phenoxy) is 1. The second-order valence-electron chi connectivity index (χ2n) is 5.37. The van der Waals surface area contributed by atoms with Gasteiger partial charge in [0.15, 0.2) is 0 Å². The lowest BCUT2D eigenvalue weighted by Gasteiger charge is -2.28. The number of nitriles is 1. The smallest absolute Gasteiger partial charge is 0.123 e. The largest absolute Gasteiger partial charge is 0.383 e. The summed E-state index contributed by atoms with van der Waals surface area (Å²) in [5.74, 6) is -0.231. The maximum Gasteiger partial charge on any atom is 0.123 e. The molecule has 0 bridgehead atoms. The van der Waals surface area contributed by atoms with Gasteiger partial charge in [0.2, 0.25) is 0 Å². The Morgan fingerprint density at radius 3 is 2.73 bits per heavy atom. The molecule has 0 spiro atoms. The van der Waals surface area contributed by atoms with Crippen LogP contribution in [0.15, 0.2) is 36.5 Å². The molecule has 1 N–H and O–H groups in total. The highest BCUT2D eigenvalue weighted by atomic mass is 19.1. The van der Waals surface area contributed by atoms with Crippen LogP contribution < -0.4 is 0 Å². The summed E-state index contributed by atoms with van der Waals surface area (Å²) in [5.41, 5.74) is 2.48. The van der Waals surface area contributed by atoms with Gasteiger partial charge in [0.1, 0.15) is 17.6 Å². The van der Waals surface area contributed by atoms with E-state index in [2.05, 4.69) is 22.9 Å². The first kappa shape index (κ1) is 16.2. The van der Waals surface area contributed by atoms with Crippen molar-refractivity contribution < 1.29 is 9.13 Å². The maximum atomic E-state index is 13.4. The van der Waals surface area contributed by atoms with E-state index in [4.69, 9.17) is 10.00 Å². The van der Waals surface area contributed by atoms with Crippen LogP contribution in [0, 0.1) is 17.1 Å². The minimum absolute atomic E-state index is 0.175. The van der Waals surface area contributed by atoms with Crippen LogP contribution in [-0.4, -0.2) is 29.6 Å². The van der Waals surface area contributed by atoms with Gasteiger partial charge in [-0.15, -0.1) is 0 Å². The molecule has 0 aliphatic heterocycles. The monoisotopic (exact) mass is 301 g/mol. The molecule has 0 aliphatic rings. The molecule has 2 aromatic rings. The molecule has 0 saturated heterocycles. The molecule has 1 aromatic carbocycles. The first-order valence-corrected chi connectivity index (χ1v) is 7.17. The van der Waals surface area contributed by atoms with Gasteiger partial charge in [-0.2, -0.15) is 5.26 Å². The highest BCUT2D eigenvalue weighted by Gasteiger charge is 2.16. The zero-order chi connectivity index (χ0) is 15.9. The Balaban J connectivity index is 2.13. The summed E-state index contributed by atoms with van der Waals surface area (Å²) in [7, 11) is 1.67. The van der Waals surface area contributed by atoms with Crippen molar-refractivity contribution in [1.29, 1.82) is 5.26 Å². The minimum atomic E-state index is -0.231. The van der Waals surface area contributed by atoms with Gasteiger partial charge < -0.3 is 9.72 Å². The second-order valence-corrected chi connectivity index (χ2v) is 5.37. The van der Waals surface area contributed by atoms with Crippen LogP contribution in [0.1, 0.15) is 23.7 Å². The summed E-state index contributed by atoms with van der Waals surface area (Å²) < 4.78 is 18.6. The molecule has 0 radical (unpaired) electrons. The average molecular weight is 301 g/mol. The zero-order valence-corrected chi connectivity index (χ0v) is 12.8. The van der Waals surface area contributed by atoms with Gasteiger partial charge in [0, 0.05) is 32.4 Å².